The minimum absolute atomic E-state index is 0.103. The third-order valence-corrected chi connectivity index (χ3v) is 14.8. The summed E-state index contributed by atoms with van der Waals surface area (Å²) >= 11 is 0. The highest BCUT2D eigenvalue weighted by Crippen LogP contribution is 2.45. The van der Waals surface area contributed by atoms with Gasteiger partial charge in [-0.25, -0.2) is 9.13 Å². The van der Waals surface area contributed by atoms with Crippen molar-refractivity contribution in [2.45, 2.75) is 296 Å². The lowest BCUT2D eigenvalue weighted by molar-refractivity contribution is -0.161. The summed E-state index contributed by atoms with van der Waals surface area (Å²) in [5, 5.41) is 10.5. The Morgan fingerprint density at radius 3 is 0.787 bits per heavy atom. The summed E-state index contributed by atoms with van der Waals surface area (Å²) in [7, 11) is -9.85. The number of carbonyl (C=O) groups is 4. The summed E-state index contributed by atoms with van der Waals surface area (Å²) < 4.78 is 67.4. The predicted molar refractivity (Wildman–Crippen MR) is 294 cm³/mol. The van der Waals surface area contributed by atoms with Crippen LogP contribution in [0.3, 0.4) is 0 Å². The number of phosphoric acid groups is 2. The molecule has 0 aromatic carbocycles. The van der Waals surface area contributed by atoms with Gasteiger partial charge in [0.25, 0.3) is 0 Å². The Morgan fingerprint density at radius 2 is 0.533 bits per heavy atom. The molecule has 444 valence electrons. The highest BCUT2D eigenvalue weighted by atomic mass is 31.2. The first kappa shape index (κ1) is 73.1. The summed E-state index contributed by atoms with van der Waals surface area (Å²) in [6, 6.07) is 0. The van der Waals surface area contributed by atoms with E-state index in [9.17, 15) is 43.2 Å². The number of hydrogen-bond donors (Lipinski definition) is 3. The van der Waals surface area contributed by atoms with E-state index >= 15 is 0 Å². The van der Waals surface area contributed by atoms with Crippen molar-refractivity contribution in [3.63, 3.8) is 0 Å². The standard InChI is InChI=1S/C56H108O17P2/c1-5-9-13-17-20-22-24-26-28-31-35-39-43-56(61)73-52(47-67-54(59)41-37-33-30-27-25-23-21-18-14-10-6-2)49-71-75(64,65)69-45-50(57)44-68-74(62,63)70-48-51(46-66-53(58)40-36-32-16-12-8-4)72-55(60)42-38-34-29-19-15-11-7-3/h50-52,57H,5-49H2,1-4H3,(H,62,63)(H,64,65)/t50-,51+,52+/m0/s1. The van der Waals surface area contributed by atoms with E-state index in [4.69, 9.17) is 37.0 Å². The molecule has 0 saturated heterocycles. The smallest absolute Gasteiger partial charge is 0.462 e. The summed E-state index contributed by atoms with van der Waals surface area (Å²) in [6.07, 6.45) is 33.8. The van der Waals surface area contributed by atoms with Crippen molar-refractivity contribution in [2.24, 2.45) is 0 Å². The van der Waals surface area contributed by atoms with Crippen LogP contribution < -0.4 is 0 Å². The number of aliphatic hydroxyl groups excluding tert-OH is 1. The van der Waals surface area contributed by atoms with Crippen LogP contribution in [-0.4, -0.2) is 96.7 Å². The normalized spacial score (nSPS) is 14.4. The molecule has 0 aromatic heterocycles. The van der Waals surface area contributed by atoms with Crippen LogP contribution >= 0.6 is 15.6 Å². The predicted octanol–water partition coefficient (Wildman–Crippen LogP) is 14.8. The number of ether oxygens (including phenoxy) is 4. The van der Waals surface area contributed by atoms with Gasteiger partial charge in [0.2, 0.25) is 0 Å². The molecule has 0 heterocycles. The fourth-order valence-corrected chi connectivity index (χ4v) is 9.80. The molecular weight excluding hydrogens is 1010 g/mol. The van der Waals surface area contributed by atoms with Crippen molar-refractivity contribution in [1.29, 1.82) is 0 Å². The van der Waals surface area contributed by atoms with Gasteiger partial charge in [-0.1, -0.05) is 227 Å². The van der Waals surface area contributed by atoms with Crippen LogP contribution in [0.4, 0.5) is 0 Å². The van der Waals surface area contributed by atoms with Crippen LogP contribution in [0.25, 0.3) is 0 Å². The number of carbonyl (C=O) groups excluding carboxylic acids is 4. The largest absolute Gasteiger partial charge is 0.472 e. The lowest BCUT2D eigenvalue weighted by atomic mass is 10.0. The Kier molecular flexibility index (Phi) is 50.2. The van der Waals surface area contributed by atoms with E-state index in [0.29, 0.717) is 25.7 Å². The summed E-state index contributed by atoms with van der Waals surface area (Å²) in [4.78, 5) is 71.4. The monoisotopic (exact) mass is 1110 g/mol. The van der Waals surface area contributed by atoms with Gasteiger partial charge in [-0.3, -0.25) is 37.3 Å². The average Bonchev–Trinajstić information content (AvgIpc) is 3.38. The van der Waals surface area contributed by atoms with E-state index in [1.165, 1.54) is 89.9 Å². The van der Waals surface area contributed by atoms with Crippen LogP contribution in [0, 0.1) is 0 Å². The molecule has 3 N–H and O–H groups in total. The lowest BCUT2D eigenvalue weighted by Gasteiger charge is -2.21. The molecule has 0 amide bonds. The second kappa shape index (κ2) is 51.5. The van der Waals surface area contributed by atoms with Crippen molar-refractivity contribution in [3.05, 3.63) is 0 Å². The van der Waals surface area contributed by atoms with E-state index in [1.54, 1.807) is 0 Å². The first-order chi connectivity index (χ1) is 36.2. The SMILES string of the molecule is CCCCCCCCCCCCCCC(=O)O[C@H](COC(=O)CCCCCCCCCCCCC)COP(=O)(O)OC[C@@H](O)COP(=O)(O)OC[C@@H](COC(=O)CCCCCCC)OC(=O)CCCCCCCCC. The summed E-state index contributed by atoms with van der Waals surface area (Å²) in [5.41, 5.74) is 0. The van der Waals surface area contributed by atoms with Crippen molar-refractivity contribution in [2.75, 3.05) is 39.6 Å². The molecule has 0 aliphatic carbocycles. The number of hydrogen-bond acceptors (Lipinski definition) is 15. The molecule has 19 heteroatoms. The molecule has 0 bridgehead atoms. The zero-order chi connectivity index (χ0) is 55.5. The van der Waals surface area contributed by atoms with Crippen LogP contribution in [0.1, 0.15) is 278 Å². The van der Waals surface area contributed by atoms with Crippen LogP contribution in [0.15, 0.2) is 0 Å². The molecule has 0 saturated carbocycles. The Hall–Kier alpha value is -1.94. The van der Waals surface area contributed by atoms with E-state index < -0.39 is 97.5 Å². The van der Waals surface area contributed by atoms with Gasteiger partial charge < -0.3 is 33.8 Å². The molecule has 5 atom stereocenters. The van der Waals surface area contributed by atoms with Gasteiger partial charge in [0.1, 0.15) is 19.3 Å². The molecule has 0 radical (unpaired) electrons. The van der Waals surface area contributed by atoms with E-state index in [-0.39, 0.29) is 25.7 Å². The van der Waals surface area contributed by atoms with Crippen LogP contribution in [0.5, 0.6) is 0 Å². The molecule has 0 aromatic rings. The van der Waals surface area contributed by atoms with E-state index in [2.05, 4.69) is 27.7 Å². The molecule has 2 unspecified atom stereocenters. The van der Waals surface area contributed by atoms with Gasteiger partial charge in [-0.05, 0) is 25.7 Å². The van der Waals surface area contributed by atoms with Gasteiger partial charge in [-0.2, -0.15) is 0 Å². The van der Waals surface area contributed by atoms with E-state index in [0.717, 1.165) is 109 Å². The topological polar surface area (TPSA) is 237 Å². The Balaban J connectivity index is 5.17. The molecular formula is C56H108O17P2. The van der Waals surface area contributed by atoms with Crippen molar-refractivity contribution >= 4 is 39.5 Å². The van der Waals surface area contributed by atoms with Gasteiger partial charge in [0.05, 0.1) is 26.4 Å². The molecule has 0 aliphatic rings. The molecule has 75 heavy (non-hydrogen) atoms. The van der Waals surface area contributed by atoms with Crippen molar-refractivity contribution < 1.29 is 80.2 Å². The Bertz CT molecular complexity index is 1470. The van der Waals surface area contributed by atoms with Crippen LogP contribution in [-0.2, 0) is 65.4 Å². The van der Waals surface area contributed by atoms with Gasteiger partial charge in [-0.15, -0.1) is 0 Å². The van der Waals surface area contributed by atoms with Crippen LogP contribution in [0.2, 0.25) is 0 Å². The third-order valence-electron chi connectivity index (χ3n) is 12.9. The highest BCUT2D eigenvalue weighted by molar-refractivity contribution is 7.47. The van der Waals surface area contributed by atoms with Crippen molar-refractivity contribution in [1.82, 2.24) is 0 Å². The van der Waals surface area contributed by atoms with Gasteiger partial charge in [0.15, 0.2) is 12.2 Å². The first-order valence-corrected chi connectivity index (χ1v) is 32.8. The maximum absolute atomic E-state index is 12.9. The Labute approximate surface area is 454 Å². The Morgan fingerprint density at radius 1 is 0.320 bits per heavy atom. The third kappa shape index (κ3) is 51.3. The molecule has 0 spiro atoms. The maximum Gasteiger partial charge on any atom is 0.472 e. The number of unbranched alkanes of at least 4 members (excludes halogenated alkanes) is 31. The zero-order valence-corrected chi connectivity index (χ0v) is 49.3. The second-order valence-electron chi connectivity index (χ2n) is 20.3. The number of rotatable bonds is 57. The maximum atomic E-state index is 12.9. The second-order valence-corrected chi connectivity index (χ2v) is 23.2. The first-order valence-electron chi connectivity index (χ1n) is 29.8. The number of aliphatic hydroxyl groups is 1. The lowest BCUT2D eigenvalue weighted by Crippen LogP contribution is -2.30. The quantitative estimate of drug-likeness (QED) is 0.0222. The van der Waals surface area contributed by atoms with Gasteiger partial charge >= 0.3 is 39.5 Å². The fraction of sp³-hybridized carbons (Fsp3) is 0.929. The molecule has 17 nitrogen and oxygen atoms in total. The summed E-state index contributed by atoms with van der Waals surface area (Å²) in [5.74, 6) is -2.16. The molecule has 0 rings (SSSR count). The number of phosphoric ester groups is 2. The highest BCUT2D eigenvalue weighted by Gasteiger charge is 2.30. The summed E-state index contributed by atoms with van der Waals surface area (Å²) in [6.45, 7) is 4.70. The fourth-order valence-electron chi connectivity index (χ4n) is 8.22. The van der Waals surface area contributed by atoms with Gasteiger partial charge in [0, 0.05) is 25.7 Å². The number of esters is 4. The minimum Gasteiger partial charge on any atom is -0.462 e. The average molecular weight is 1120 g/mol. The minimum atomic E-state index is -4.93. The molecule has 0 fully saturated rings. The molecule has 0 aliphatic heterocycles. The van der Waals surface area contributed by atoms with E-state index in [1.807, 2.05) is 0 Å². The zero-order valence-electron chi connectivity index (χ0n) is 47.5. The van der Waals surface area contributed by atoms with Crippen molar-refractivity contribution in [3.8, 4) is 0 Å².